The van der Waals surface area contributed by atoms with Crippen LogP contribution >= 0.6 is 0 Å². The first-order chi connectivity index (χ1) is 22.2. The molecule has 0 aliphatic carbocycles. The number of aliphatic hydroxyl groups excluding tert-OH is 2. The Morgan fingerprint density at radius 2 is 0.867 bits per heavy atom. The molecule has 0 aliphatic rings. The average molecular weight is 632 g/mol. The Bertz CT molecular complexity index is 686. The van der Waals surface area contributed by atoms with E-state index >= 15 is 0 Å². The molecule has 0 radical (unpaired) electrons. The number of nitrogens with one attached hydrogen (secondary N) is 1. The number of hydrogen-bond acceptors (Lipinski definition) is 3. The lowest BCUT2D eigenvalue weighted by Gasteiger charge is -2.19. The third-order valence-corrected chi connectivity index (χ3v) is 8.85. The van der Waals surface area contributed by atoms with Gasteiger partial charge in [-0.05, 0) is 57.8 Å². The third-order valence-electron chi connectivity index (χ3n) is 8.85. The summed E-state index contributed by atoms with van der Waals surface area (Å²) in [6, 6.07) is -0.640. The fraction of sp³-hybridized carbons (Fsp3) is 0.829. The Labute approximate surface area is 281 Å². The Hall–Kier alpha value is -1.39. The Balaban J connectivity index is 3.66. The minimum atomic E-state index is -0.863. The Morgan fingerprint density at radius 3 is 1.29 bits per heavy atom. The van der Waals surface area contributed by atoms with E-state index in [1.165, 1.54) is 135 Å². The molecule has 4 nitrogen and oxygen atoms in total. The molecule has 0 bridgehead atoms. The van der Waals surface area contributed by atoms with Crippen LogP contribution in [0.2, 0.25) is 0 Å². The molecular weight excluding hydrogens is 554 g/mol. The molecule has 0 aliphatic heterocycles. The first-order valence-electron chi connectivity index (χ1n) is 19.7. The van der Waals surface area contributed by atoms with Crippen molar-refractivity contribution >= 4 is 5.91 Å². The van der Waals surface area contributed by atoms with Gasteiger partial charge in [0.1, 0.15) is 0 Å². The molecule has 0 saturated carbocycles. The average Bonchev–Trinajstić information content (AvgIpc) is 3.04. The summed E-state index contributed by atoms with van der Waals surface area (Å²) in [4.78, 5) is 12.3. The van der Waals surface area contributed by atoms with Gasteiger partial charge in [-0.2, -0.15) is 0 Å². The highest BCUT2D eigenvalue weighted by atomic mass is 16.3. The van der Waals surface area contributed by atoms with Crippen LogP contribution in [0.4, 0.5) is 0 Å². The van der Waals surface area contributed by atoms with Crippen LogP contribution in [0, 0.1) is 0 Å². The molecule has 0 spiro atoms. The minimum absolute atomic E-state index is 0.0838. The van der Waals surface area contributed by atoms with Crippen molar-refractivity contribution in [3.63, 3.8) is 0 Å². The molecule has 1 amide bonds. The van der Waals surface area contributed by atoms with Crippen molar-refractivity contribution < 1.29 is 15.0 Å². The predicted molar refractivity (Wildman–Crippen MR) is 198 cm³/mol. The standard InChI is InChI=1S/C41H77NO3/c1-3-5-7-9-11-13-15-17-19-20-21-22-23-24-26-28-30-32-34-36-40(44)39(38-43)42-41(45)37-35-33-31-29-27-25-18-16-14-12-10-8-6-4-2/h16,18,26,28,34,36,39-40,43-44H,3-15,17,19-25,27,29-33,35,37-38H2,1-2H3,(H,42,45)/b18-16-,28-26+,36-34+. The second-order valence-corrected chi connectivity index (χ2v) is 13.3. The predicted octanol–water partition coefficient (Wildman–Crippen LogP) is 11.8. The normalized spacial score (nSPS) is 13.4. The van der Waals surface area contributed by atoms with Gasteiger partial charge < -0.3 is 15.5 Å². The monoisotopic (exact) mass is 632 g/mol. The summed E-state index contributed by atoms with van der Waals surface area (Å²) in [5.74, 6) is -0.0838. The molecule has 0 fully saturated rings. The molecule has 2 unspecified atom stereocenters. The maximum Gasteiger partial charge on any atom is 0.220 e. The van der Waals surface area contributed by atoms with Gasteiger partial charge in [-0.1, -0.05) is 172 Å². The van der Waals surface area contributed by atoms with Crippen molar-refractivity contribution in [1.82, 2.24) is 5.32 Å². The summed E-state index contributed by atoms with van der Waals surface area (Å²) in [6.07, 6.45) is 48.1. The van der Waals surface area contributed by atoms with Crippen LogP contribution in [0.15, 0.2) is 36.5 Å². The van der Waals surface area contributed by atoms with E-state index in [9.17, 15) is 15.0 Å². The maximum absolute atomic E-state index is 12.3. The summed E-state index contributed by atoms with van der Waals surface area (Å²) in [6.45, 7) is 4.28. The molecule has 0 rings (SSSR count). The van der Waals surface area contributed by atoms with Gasteiger partial charge in [0.15, 0.2) is 0 Å². The summed E-state index contributed by atoms with van der Waals surface area (Å²) >= 11 is 0. The van der Waals surface area contributed by atoms with Gasteiger partial charge in [-0.25, -0.2) is 0 Å². The fourth-order valence-electron chi connectivity index (χ4n) is 5.78. The molecule has 45 heavy (non-hydrogen) atoms. The van der Waals surface area contributed by atoms with E-state index in [1.807, 2.05) is 6.08 Å². The van der Waals surface area contributed by atoms with E-state index in [4.69, 9.17) is 0 Å². The fourth-order valence-corrected chi connectivity index (χ4v) is 5.78. The Kier molecular flexibility index (Phi) is 35.9. The van der Waals surface area contributed by atoms with Crippen molar-refractivity contribution in [3.05, 3.63) is 36.5 Å². The van der Waals surface area contributed by atoms with E-state index in [0.717, 1.165) is 44.9 Å². The van der Waals surface area contributed by atoms with Gasteiger partial charge in [0, 0.05) is 6.42 Å². The third kappa shape index (κ3) is 33.8. The van der Waals surface area contributed by atoms with Gasteiger partial charge in [0.05, 0.1) is 18.8 Å². The molecule has 0 aromatic carbocycles. The number of allylic oxidation sites excluding steroid dienone is 5. The molecule has 264 valence electrons. The van der Waals surface area contributed by atoms with Crippen LogP contribution < -0.4 is 5.32 Å². The van der Waals surface area contributed by atoms with E-state index in [0.29, 0.717) is 6.42 Å². The van der Waals surface area contributed by atoms with Gasteiger partial charge in [-0.3, -0.25) is 4.79 Å². The van der Waals surface area contributed by atoms with E-state index in [2.05, 4.69) is 43.5 Å². The molecule has 0 saturated heterocycles. The molecule has 2 atom stereocenters. The highest BCUT2D eigenvalue weighted by Crippen LogP contribution is 2.14. The first-order valence-corrected chi connectivity index (χ1v) is 19.7. The second kappa shape index (κ2) is 37.1. The maximum atomic E-state index is 12.3. The largest absolute Gasteiger partial charge is 0.394 e. The van der Waals surface area contributed by atoms with E-state index in [-0.39, 0.29) is 12.5 Å². The zero-order chi connectivity index (χ0) is 32.9. The first kappa shape index (κ1) is 43.6. The number of aliphatic hydroxyl groups is 2. The summed E-state index contributed by atoms with van der Waals surface area (Å²) < 4.78 is 0. The minimum Gasteiger partial charge on any atom is -0.394 e. The molecule has 4 heteroatoms. The van der Waals surface area contributed by atoms with E-state index < -0.39 is 12.1 Å². The number of unbranched alkanes of at least 4 members (excludes halogenated alkanes) is 24. The van der Waals surface area contributed by atoms with Crippen molar-refractivity contribution in [2.75, 3.05) is 6.61 Å². The molecular formula is C41H77NO3. The van der Waals surface area contributed by atoms with Crippen LogP contribution in [0.3, 0.4) is 0 Å². The smallest absolute Gasteiger partial charge is 0.220 e. The van der Waals surface area contributed by atoms with Crippen LogP contribution in [0.1, 0.15) is 200 Å². The number of amides is 1. The highest BCUT2D eigenvalue weighted by Gasteiger charge is 2.17. The summed E-state index contributed by atoms with van der Waals surface area (Å²) in [5, 5.41) is 22.9. The second-order valence-electron chi connectivity index (χ2n) is 13.3. The van der Waals surface area contributed by atoms with Crippen LogP contribution in [-0.4, -0.2) is 34.9 Å². The van der Waals surface area contributed by atoms with Crippen molar-refractivity contribution in [1.29, 1.82) is 0 Å². The van der Waals surface area contributed by atoms with E-state index in [1.54, 1.807) is 6.08 Å². The van der Waals surface area contributed by atoms with Crippen LogP contribution in [-0.2, 0) is 4.79 Å². The lowest BCUT2D eigenvalue weighted by molar-refractivity contribution is -0.123. The van der Waals surface area contributed by atoms with Crippen molar-refractivity contribution in [2.24, 2.45) is 0 Å². The van der Waals surface area contributed by atoms with Crippen molar-refractivity contribution in [3.8, 4) is 0 Å². The van der Waals surface area contributed by atoms with Gasteiger partial charge in [0.25, 0.3) is 0 Å². The number of carbonyl (C=O) groups is 1. The summed E-state index contributed by atoms with van der Waals surface area (Å²) in [5.41, 5.74) is 0. The van der Waals surface area contributed by atoms with Crippen LogP contribution in [0.5, 0.6) is 0 Å². The zero-order valence-corrected chi connectivity index (χ0v) is 30.1. The summed E-state index contributed by atoms with van der Waals surface area (Å²) in [7, 11) is 0. The number of rotatable bonds is 35. The van der Waals surface area contributed by atoms with Crippen molar-refractivity contribution in [2.45, 2.75) is 212 Å². The molecule has 0 heterocycles. The quantitative estimate of drug-likeness (QED) is 0.0481. The molecule has 0 aromatic heterocycles. The Morgan fingerprint density at radius 1 is 0.511 bits per heavy atom. The van der Waals surface area contributed by atoms with Gasteiger partial charge in [0.2, 0.25) is 5.91 Å². The van der Waals surface area contributed by atoms with Crippen LogP contribution in [0.25, 0.3) is 0 Å². The van der Waals surface area contributed by atoms with Gasteiger partial charge >= 0.3 is 0 Å². The highest BCUT2D eigenvalue weighted by molar-refractivity contribution is 5.76. The lowest BCUT2D eigenvalue weighted by Crippen LogP contribution is -2.45. The topological polar surface area (TPSA) is 69.6 Å². The lowest BCUT2D eigenvalue weighted by atomic mass is 10.0. The molecule has 0 aromatic rings. The zero-order valence-electron chi connectivity index (χ0n) is 30.1. The molecule has 3 N–H and O–H groups in total. The number of carbonyl (C=O) groups excluding carboxylic acids is 1. The SMILES string of the molecule is CCCCCCC/C=C\CCCCCCCC(=O)NC(CO)C(O)/C=C/CC/C=C/CCCCCCCCCCCCCCC. The van der Waals surface area contributed by atoms with Gasteiger partial charge in [-0.15, -0.1) is 0 Å². The number of hydrogen-bond donors (Lipinski definition) is 3.